The van der Waals surface area contributed by atoms with Gasteiger partial charge in [0.2, 0.25) is 5.91 Å². The van der Waals surface area contributed by atoms with E-state index in [0.29, 0.717) is 38.5 Å². The van der Waals surface area contributed by atoms with Gasteiger partial charge in [0.25, 0.3) is 0 Å². The van der Waals surface area contributed by atoms with E-state index in [9.17, 15) is 22.4 Å². The molecule has 1 unspecified atom stereocenters. The van der Waals surface area contributed by atoms with Crippen LogP contribution in [-0.2, 0) is 16.0 Å². The number of nitrogens with one attached hydrogen (secondary N) is 1. The highest BCUT2D eigenvalue weighted by Gasteiger charge is 2.45. The molecular weight excluding hydrogens is 504 g/mol. The van der Waals surface area contributed by atoms with Gasteiger partial charge in [-0.1, -0.05) is 24.3 Å². The molecule has 0 bridgehead atoms. The van der Waals surface area contributed by atoms with Gasteiger partial charge in [0.1, 0.15) is 17.3 Å². The van der Waals surface area contributed by atoms with Crippen LogP contribution in [-0.4, -0.2) is 63.7 Å². The Morgan fingerprint density at radius 2 is 1.84 bits per heavy atom. The van der Waals surface area contributed by atoms with Crippen molar-refractivity contribution in [2.24, 2.45) is 5.41 Å². The first-order chi connectivity index (χ1) is 18.2. The van der Waals surface area contributed by atoms with Gasteiger partial charge in [-0.25, -0.2) is 4.39 Å². The minimum atomic E-state index is -4.83. The van der Waals surface area contributed by atoms with Crippen molar-refractivity contribution in [1.82, 2.24) is 10.2 Å². The summed E-state index contributed by atoms with van der Waals surface area (Å²) in [6.07, 6.45) is -1.91. The Morgan fingerprint density at radius 3 is 2.58 bits per heavy atom. The summed E-state index contributed by atoms with van der Waals surface area (Å²) >= 11 is 0. The van der Waals surface area contributed by atoms with E-state index in [1.54, 1.807) is 24.1 Å². The standard InChI is InChI=1S/C28H34F4N2O4/c1-36-15-4-16-37-25-18-21(29)7-8-22(25)23-19-33-12-9-27(23)10-13-34(14-11-27)26(35)17-20-5-2-3-6-24(20)38-28(30,31)32/h2-3,5-8,18,23,33H,4,9-17,19H2,1H3. The van der Waals surface area contributed by atoms with E-state index in [2.05, 4.69) is 10.1 Å². The van der Waals surface area contributed by atoms with Crippen LogP contribution >= 0.6 is 0 Å². The molecule has 0 saturated carbocycles. The summed E-state index contributed by atoms with van der Waals surface area (Å²) in [5.41, 5.74) is 1.06. The van der Waals surface area contributed by atoms with E-state index in [1.807, 2.05) is 0 Å². The predicted molar refractivity (Wildman–Crippen MR) is 134 cm³/mol. The van der Waals surface area contributed by atoms with Gasteiger partial charge < -0.3 is 24.4 Å². The number of para-hydroxylation sites is 1. The molecule has 1 spiro atoms. The Kier molecular flexibility index (Phi) is 9.15. The van der Waals surface area contributed by atoms with Crippen molar-refractivity contribution >= 4 is 5.91 Å². The molecule has 2 aromatic rings. The molecular formula is C28H34F4N2O4. The molecule has 4 rings (SSSR count). The monoisotopic (exact) mass is 538 g/mol. The van der Waals surface area contributed by atoms with Gasteiger partial charge in [-0.05, 0) is 48.9 Å². The van der Waals surface area contributed by atoms with E-state index >= 15 is 0 Å². The highest BCUT2D eigenvalue weighted by molar-refractivity contribution is 5.79. The number of alkyl halides is 3. The fourth-order valence-corrected chi connectivity index (χ4v) is 5.67. The number of likely N-dealkylation sites (tertiary alicyclic amines) is 1. The minimum absolute atomic E-state index is 0.0763. The number of methoxy groups -OCH3 is 1. The van der Waals surface area contributed by atoms with Crippen LogP contribution in [0.15, 0.2) is 42.5 Å². The summed E-state index contributed by atoms with van der Waals surface area (Å²) in [5, 5.41) is 3.46. The van der Waals surface area contributed by atoms with Crippen LogP contribution in [0.5, 0.6) is 11.5 Å². The van der Waals surface area contributed by atoms with Crippen molar-refractivity contribution in [3.05, 3.63) is 59.4 Å². The maximum absolute atomic E-state index is 14.1. The SMILES string of the molecule is COCCCOc1cc(F)ccc1C1CNCCC12CCN(C(=O)Cc1ccccc1OC(F)(F)F)CC2. The second-order valence-electron chi connectivity index (χ2n) is 9.96. The number of hydrogen-bond acceptors (Lipinski definition) is 5. The van der Waals surface area contributed by atoms with Gasteiger partial charge in [0, 0.05) is 57.3 Å². The van der Waals surface area contributed by atoms with E-state index in [1.165, 1.54) is 30.3 Å². The molecule has 2 aliphatic heterocycles. The Bertz CT molecular complexity index is 1090. The van der Waals surface area contributed by atoms with Crippen LogP contribution in [0.2, 0.25) is 0 Å². The molecule has 2 aliphatic rings. The normalized spacial score (nSPS) is 19.4. The molecule has 1 atom stereocenters. The summed E-state index contributed by atoms with van der Waals surface area (Å²) in [4.78, 5) is 14.8. The largest absolute Gasteiger partial charge is 0.573 e. The van der Waals surface area contributed by atoms with Crippen LogP contribution < -0.4 is 14.8 Å². The summed E-state index contributed by atoms with van der Waals surface area (Å²) in [5.74, 6) is -0.327. The van der Waals surface area contributed by atoms with Gasteiger partial charge in [0.05, 0.1) is 13.0 Å². The number of piperidine rings is 2. The van der Waals surface area contributed by atoms with Crippen molar-refractivity contribution in [2.45, 2.75) is 44.4 Å². The van der Waals surface area contributed by atoms with Crippen LogP contribution in [0.4, 0.5) is 17.6 Å². The predicted octanol–water partition coefficient (Wildman–Crippen LogP) is 5.07. The maximum Gasteiger partial charge on any atom is 0.573 e. The molecule has 2 fully saturated rings. The van der Waals surface area contributed by atoms with Crippen molar-refractivity contribution in [1.29, 1.82) is 0 Å². The number of carbonyl (C=O) groups excluding carboxylic acids is 1. The summed E-state index contributed by atoms with van der Waals surface area (Å²) in [7, 11) is 1.62. The van der Waals surface area contributed by atoms with Crippen molar-refractivity contribution < 1.29 is 36.6 Å². The van der Waals surface area contributed by atoms with Crippen LogP contribution in [0.3, 0.4) is 0 Å². The molecule has 10 heteroatoms. The first-order valence-electron chi connectivity index (χ1n) is 12.9. The molecule has 1 amide bonds. The highest BCUT2D eigenvalue weighted by atomic mass is 19.4. The zero-order valence-electron chi connectivity index (χ0n) is 21.5. The molecule has 208 valence electrons. The summed E-state index contributed by atoms with van der Waals surface area (Å²) < 4.78 is 67.7. The zero-order valence-corrected chi connectivity index (χ0v) is 21.5. The lowest BCUT2D eigenvalue weighted by Gasteiger charge is -2.50. The van der Waals surface area contributed by atoms with Crippen molar-refractivity contribution in [3.63, 3.8) is 0 Å². The van der Waals surface area contributed by atoms with Gasteiger partial charge in [-0.3, -0.25) is 4.79 Å². The number of carbonyl (C=O) groups is 1. The zero-order chi connectivity index (χ0) is 27.2. The van der Waals surface area contributed by atoms with Crippen LogP contribution in [0, 0.1) is 11.2 Å². The quantitative estimate of drug-likeness (QED) is 0.357. The molecule has 2 aromatic carbocycles. The third-order valence-electron chi connectivity index (χ3n) is 7.64. The number of ether oxygens (including phenoxy) is 3. The number of halogens is 4. The van der Waals surface area contributed by atoms with E-state index in [-0.39, 0.29) is 40.8 Å². The first kappa shape index (κ1) is 28.2. The van der Waals surface area contributed by atoms with Crippen molar-refractivity contribution in [2.75, 3.05) is 46.5 Å². The highest BCUT2D eigenvalue weighted by Crippen LogP contribution is 2.50. The third-order valence-corrected chi connectivity index (χ3v) is 7.64. The van der Waals surface area contributed by atoms with Gasteiger partial charge in [-0.15, -0.1) is 13.2 Å². The number of amides is 1. The molecule has 0 aliphatic carbocycles. The lowest BCUT2D eigenvalue weighted by molar-refractivity contribution is -0.274. The van der Waals surface area contributed by atoms with Gasteiger partial charge in [-0.2, -0.15) is 0 Å². The number of hydrogen-bond donors (Lipinski definition) is 1. The molecule has 6 nitrogen and oxygen atoms in total. The Hall–Kier alpha value is -2.85. The molecule has 0 radical (unpaired) electrons. The van der Waals surface area contributed by atoms with E-state index in [4.69, 9.17) is 9.47 Å². The lowest BCUT2D eigenvalue weighted by atomic mass is 9.62. The average molecular weight is 539 g/mol. The fraction of sp³-hybridized carbons (Fsp3) is 0.536. The topological polar surface area (TPSA) is 60.0 Å². The summed E-state index contributed by atoms with van der Waals surface area (Å²) in [6, 6.07) is 10.4. The maximum atomic E-state index is 14.1. The van der Waals surface area contributed by atoms with Crippen LogP contribution in [0.25, 0.3) is 0 Å². The molecule has 2 heterocycles. The smallest absolute Gasteiger partial charge is 0.493 e. The third kappa shape index (κ3) is 6.96. The Balaban J connectivity index is 1.45. The molecule has 2 saturated heterocycles. The first-order valence-corrected chi connectivity index (χ1v) is 12.9. The number of benzene rings is 2. The van der Waals surface area contributed by atoms with Crippen LogP contribution in [0.1, 0.15) is 42.7 Å². The second-order valence-corrected chi connectivity index (χ2v) is 9.96. The van der Waals surface area contributed by atoms with E-state index in [0.717, 1.165) is 37.9 Å². The summed E-state index contributed by atoms with van der Waals surface area (Å²) in [6.45, 7) is 3.54. The van der Waals surface area contributed by atoms with Gasteiger partial charge in [0.15, 0.2) is 0 Å². The van der Waals surface area contributed by atoms with Gasteiger partial charge >= 0.3 is 6.36 Å². The number of nitrogens with zero attached hydrogens (tertiary/aromatic N) is 1. The minimum Gasteiger partial charge on any atom is -0.493 e. The number of rotatable bonds is 9. The average Bonchev–Trinajstić information content (AvgIpc) is 2.88. The Labute approximate surface area is 220 Å². The molecule has 0 aromatic heterocycles. The Morgan fingerprint density at radius 1 is 1.08 bits per heavy atom. The fourth-order valence-electron chi connectivity index (χ4n) is 5.67. The second kappa shape index (κ2) is 12.3. The lowest BCUT2D eigenvalue weighted by Crippen LogP contribution is -2.51. The van der Waals surface area contributed by atoms with Crippen molar-refractivity contribution in [3.8, 4) is 11.5 Å². The molecule has 1 N–H and O–H groups in total. The van der Waals surface area contributed by atoms with E-state index < -0.39 is 6.36 Å². The molecule has 38 heavy (non-hydrogen) atoms.